The van der Waals surface area contributed by atoms with E-state index in [-0.39, 0.29) is 41.4 Å². The van der Waals surface area contributed by atoms with E-state index in [4.69, 9.17) is 24.7 Å². The predicted molar refractivity (Wildman–Crippen MR) is 228 cm³/mol. The van der Waals surface area contributed by atoms with Crippen LogP contribution in [-0.4, -0.2) is 95.1 Å². The number of nitrogens with one attached hydrogen (secondary N) is 3. The molecule has 1 fully saturated rings. The molecule has 3 amide bonds. The number of methoxy groups -OCH3 is 2. The van der Waals surface area contributed by atoms with Crippen LogP contribution in [-0.2, 0) is 26.7 Å². The van der Waals surface area contributed by atoms with Crippen LogP contribution in [0.5, 0.6) is 23.1 Å². The number of hydrogen-bond donors (Lipinski definition) is 4. The fourth-order valence-corrected chi connectivity index (χ4v) is 7.20. The van der Waals surface area contributed by atoms with Gasteiger partial charge in [-0.1, -0.05) is 45.0 Å². The molecule has 0 saturated carbocycles. The Balaban J connectivity index is 1.24. The maximum atomic E-state index is 13.4. The van der Waals surface area contributed by atoms with Crippen LogP contribution in [0.4, 0.5) is 27.8 Å². The second-order valence-electron chi connectivity index (χ2n) is 15.0. The fraction of sp³-hybridized carbons (Fsp3) is 0.333. The van der Waals surface area contributed by atoms with Crippen molar-refractivity contribution in [2.75, 3.05) is 74.8 Å². The van der Waals surface area contributed by atoms with Gasteiger partial charge in [-0.25, -0.2) is 18.2 Å². The summed E-state index contributed by atoms with van der Waals surface area (Å²) in [6.45, 7) is 10.5. The Morgan fingerprint density at radius 2 is 1.69 bits per heavy atom. The van der Waals surface area contributed by atoms with Gasteiger partial charge in [0, 0.05) is 61.3 Å². The second-order valence-corrected chi connectivity index (χ2v) is 16.7. The van der Waals surface area contributed by atoms with E-state index < -0.39 is 21.5 Å². The number of carbonyl (C=O) groups excluding carboxylic acids is 2. The van der Waals surface area contributed by atoms with Gasteiger partial charge in [-0.2, -0.15) is 4.98 Å². The number of ether oxygens (including phenoxy) is 4. The number of benzene rings is 4. The quantitative estimate of drug-likeness (QED) is 0.0962. The minimum atomic E-state index is -3.72. The minimum absolute atomic E-state index is 0.112. The maximum absolute atomic E-state index is 13.4. The first-order valence-electron chi connectivity index (χ1n) is 19.0. The largest absolute Gasteiger partial charge is 0.497 e. The second kappa shape index (κ2) is 18.2. The van der Waals surface area contributed by atoms with Gasteiger partial charge in [0.05, 0.1) is 50.8 Å². The number of nitrogens with zero attached hydrogens (tertiary/aromatic N) is 4. The molecule has 0 spiro atoms. The third kappa shape index (κ3) is 10.7. The molecule has 16 nitrogen and oxygen atoms in total. The van der Waals surface area contributed by atoms with E-state index >= 15 is 0 Å². The van der Waals surface area contributed by atoms with E-state index in [1.807, 2.05) is 51.1 Å². The number of primary amides is 1. The summed E-state index contributed by atoms with van der Waals surface area (Å²) in [4.78, 5) is 39.0. The Kier molecular flexibility index (Phi) is 13.1. The number of fused-ring (bicyclic) bond motifs is 1. The molecule has 0 bridgehead atoms. The van der Waals surface area contributed by atoms with Crippen LogP contribution in [0, 0.1) is 0 Å². The SMILES string of the molecule is COc1cc(CNc2nccc(Oc3ccc(N(C(N)=O)c4cc(C(C)(C)C)cc(NS(C)(=O)=O)c4OC)c4ccccc34)n2)cc(C(=O)NCCN2CCOCC2)c1. The van der Waals surface area contributed by atoms with Crippen LogP contribution < -0.4 is 40.2 Å². The molecule has 1 aliphatic heterocycles. The first-order chi connectivity index (χ1) is 28.1. The van der Waals surface area contributed by atoms with Crippen molar-refractivity contribution in [1.29, 1.82) is 0 Å². The molecule has 1 aromatic heterocycles. The van der Waals surface area contributed by atoms with Crippen molar-refractivity contribution >= 4 is 55.7 Å². The summed E-state index contributed by atoms with van der Waals surface area (Å²) in [5.41, 5.74) is 8.44. The zero-order valence-corrected chi connectivity index (χ0v) is 34.8. The average Bonchev–Trinajstić information content (AvgIpc) is 3.20. The number of amides is 3. The standard InChI is InChI=1S/C42H50N8O8S/c1-42(2,3)29-24-33(48-59(6,53)54)38(56-5)35(25-29)50(40(43)52)34-11-12-36(32-10-8-7-9-31(32)34)58-37-13-14-45-41(47-37)46-26-27-21-28(23-30(22-27)55-4)39(51)44-15-16-49-17-19-57-20-18-49/h7-14,21-25,48H,15-20,26H2,1-6H3,(H2,43,52)(H,44,51)(H,45,46,47). The highest BCUT2D eigenvalue weighted by Crippen LogP contribution is 2.46. The van der Waals surface area contributed by atoms with Gasteiger partial charge in [0.25, 0.3) is 5.91 Å². The van der Waals surface area contributed by atoms with Crippen molar-refractivity contribution in [1.82, 2.24) is 20.2 Å². The maximum Gasteiger partial charge on any atom is 0.324 e. The third-order valence-corrected chi connectivity index (χ3v) is 10.2. The fourth-order valence-electron chi connectivity index (χ4n) is 6.65. The summed E-state index contributed by atoms with van der Waals surface area (Å²) in [6, 6.07) is 20.3. The van der Waals surface area contributed by atoms with E-state index in [1.165, 1.54) is 12.0 Å². The van der Waals surface area contributed by atoms with E-state index in [0.717, 1.165) is 37.0 Å². The number of hydrogen-bond acceptors (Lipinski definition) is 12. The molecule has 59 heavy (non-hydrogen) atoms. The number of morpholine rings is 1. The lowest BCUT2D eigenvalue weighted by Crippen LogP contribution is -2.41. The summed E-state index contributed by atoms with van der Waals surface area (Å²) in [5.74, 6) is 1.41. The first kappa shape index (κ1) is 42.4. The van der Waals surface area contributed by atoms with E-state index in [2.05, 4.69) is 30.2 Å². The monoisotopic (exact) mass is 826 g/mol. The van der Waals surface area contributed by atoms with Crippen molar-refractivity contribution in [3.8, 4) is 23.1 Å². The zero-order chi connectivity index (χ0) is 42.3. The topological polar surface area (TPSA) is 200 Å². The lowest BCUT2D eigenvalue weighted by molar-refractivity contribution is 0.0383. The van der Waals surface area contributed by atoms with Crippen molar-refractivity contribution in [2.45, 2.75) is 32.7 Å². The highest BCUT2D eigenvalue weighted by Gasteiger charge is 2.28. The highest BCUT2D eigenvalue weighted by molar-refractivity contribution is 7.92. The van der Waals surface area contributed by atoms with Crippen LogP contribution in [0.25, 0.3) is 10.8 Å². The summed E-state index contributed by atoms with van der Waals surface area (Å²) < 4.78 is 50.3. The highest BCUT2D eigenvalue weighted by atomic mass is 32.2. The normalized spacial score (nSPS) is 13.4. The number of rotatable bonds is 15. The van der Waals surface area contributed by atoms with Gasteiger partial charge >= 0.3 is 6.03 Å². The molecule has 0 aliphatic carbocycles. The Hall–Kier alpha value is -6.17. The molecule has 6 rings (SSSR count). The van der Waals surface area contributed by atoms with Crippen LogP contribution in [0.1, 0.15) is 42.3 Å². The Labute approximate surface area is 344 Å². The van der Waals surface area contributed by atoms with Gasteiger partial charge in [-0.3, -0.25) is 19.3 Å². The van der Waals surface area contributed by atoms with E-state index in [9.17, 15) is 18.0 Å². The molecule has 5 aromatic rings. The van der Waals surface area contributed by atoms with Gasteiger partial charge in [-0.05, 0) is 59.0 Å². The molecule has 4 aromatic carbocycles. The summed E-state index contributed by atoms with van der Waals surface area (Å²) in [6.07, 6.45) is 2.60. The van der Waals surface area contributed by atoms with E-state index in [1.54, 1.807) is 55.8 Å². The Morgan fingerprint density at radius 3 is 2.37 bits per heavy atom. The summed E-state index contributed by atoms with van der Waals surface area (Å²) >= 11 is 0. The summed E-state index contributed by atoms with van der Waals surface area (Å²) in [7, 11) is -0.781. The van der Waals surface area contributed by atoms with Crippen molar-refractivity contribution in [2.24, 2.45) is 5.73 Å². The number of nitrogens with two attached hydrogens (primary N) is 1. The molecular formula is C42H50N8O8S. The van der Waals surface area contributed by atoms with Crippen LogP contribution in [0.15, 0.2) is 79.0 Å². The number of sulfonamides is 1. The first-order valence-corrected chi connectivity index (χ1v) is 20.9. The van der Waals surface area contributed by atoms with Gasteiger partial charge in [0.15, 0.2) is 5.75 Å². The molecule has 1 saturated heterocycles. The lowest BCUT2D eigenvalue weighted by atomic mass is 9.86. The van der Waals surface area contributed by atoms with Crippen LogP contribution >= 0.6 is 0 Å². The molecule has 0 atom stereocenters. The Bertz CT molecular complexity index is 2430. The number of aromatic nitrogens is 2. The molecule has 0 unspecified atom stereocenters. The third-order valence-electron chi connectivity index (χ3n) is 9.57. The molecule has 312 valence electrons. The van der Waals surface area contributed by atoms with Gasteiger partial charge in [0.1, 0.15) is 11.5 Å². The Morgan fingerprint density at radius 1 is 0.949 bits per heavy atom. The van der Waals surface area contributed by atoms with Crippen molar-refractivity contribution in [3.63, 3.8) is 0 Å². The zero-order valence-electron chi connectivity index (χ0n) is 34.0. The van der Waals surface area contributed by atoms with Gasteiger partial charge in [-0.15, -0.1) is 0 Å². The lowest BCUT2D eigenvalue weighted by Gasteiger charge is -2.29. The number of carbonyl (C=O) groups is 2. The molecular weight excluding hydrogens is 777 g/mol. The van der Waals surface area contributed by atoms with Crippen molar-refractivity contribution in [3.05, 3.63) is 95.7 Å². The van der Waals surface area contributed by atoms with E-state index in [0.29, 0.717) is 53.3 Å². The molecule has 1 aliphatic rings. The van der Waals surface area contributed by atoms with Gasteiger partial charge in [0.2, 0.25) is 21.9 Å². The predicted octanol–water partition coefficient (Wildman–Crippen LogP) is 6.00. The van der Waals surface area contributed by atoms with Gasteiger partial charge < -0.3 is 35.3 Å². The molecule has 0 radical (unpaired) electrons. The smallest absolute Gasteiger partial charge is 0.324 e. The minimum Gasteiger partial charge on any atom is -0.497 e. The molecule has 5 N–H and O–H groups in total. The number of urea groups is 1. The van der Waals surface area contributed by atoms with Crippen molar-refractivity contribution < 1.29 is 37.0 Å². The molecule has 17 heteroatoms. The summed E-state index contributed by atoms with van der Waals surface area (Å²) in [5, 5.41) is 7.44. The number of anilines is 4. The van der Waals surface area contributed by atoms with Crippen LogP contribution in [0.2, 0.25) is 0 Å². The van der Waals surface area contributed by atoms with Crippen LogP contribution in [0.3, 0.4) is 0 Å². The molecule has 2 heterocycles. The average molecular weight is 827 g/mol.